The molecule has 0 aliphatic heterocycles. The normalized spacial score (nSPS) is 12.2. The summed E-state index contributed by atoms with van der Waals surface area (Å²) in [5.41, 5.74) is 3.56. The third-order valence-electron chi connectivity index (χ3n) is 5.72. The number of hydrogen-bond acceptors (Lipinski definition) is 4. The van der Waals surface area contributed by atoms with Crippen molar-refractivity contribution in [2.75, 3.05) is 23.7 Å². The molecule has 186 valence electrons. The lowest BCUT2D eigenvalue weighted by Crippen LogP contribution is -2.47. The number of carbonyl (C=O) groups excluding carboxylic acids is 2. The van der Waals surface area contributed by atoms with E-state index >= 15 is 0 Å². The van der Waals surface area contributed by atoms with Crippen LogP contribution in [-0.2, 0) is 26.2 Å². The first-order valence-electron chi connectivity index (χ1n) is 11.3. The van der Waals surface area contributed by atoms with Crippen molar-refractivity contribution in [1.82, 2.24) is 10.2 Å². The summed E-state index contributed by atoms with van der Waals surface area (Å²) in [6.45, 7) is 8.39. The average Bonchev–Trinajstić information content (AvgIpc) is 2.77. The van der Waals surface area contributed by atoms with Crippen molar-refractivity contribution >= 4 is 43.5 Å². The minimum atomic E-state index is -3.52. The molecule has 2 amide bonds. The molecule has 2 aromatic carbocycles. The molecule has 2 aromatic rings. The molecule has 0 aliphatic rings. The Morgan fingerprint density at radius 2 is 1.71 bits per heavy atom. The molecule has 2 rings (SSSR count). The maximum Gasteiger partial charge on any atom is 0.242 e. The Morgan fingerprint density at radius 1 is 1.06 bits per heavy atom. The fraction of sp³-hybridized carbons (Fsp3) is 0.440. The Kier molecular flexibility index (Phi) is 10.1. The maximum atomic E-state index is 13.2. The van der Waals surface area contributed by atoms with E-state index in [0.29, 0.717) is 18.7 Å². The Labute approximate surface area is 211 Å². The van der Waals surface area contributed by atoms with E-state index < -0.39 is 16.1 Å². The lowest BCUT2D eigenvalue weighted by molar-refractivity contribution is -0.140. The van der Waals surface area contributed by atoms with Gasteiger partial charge in [0.25, 0.3) is 0 Å². The molecule has 0 heterocycles. The van der Waals surface area contributed by atoms with Gasteiger partial charge in [-0.3, -0.25) is 13.9 Å². The maximum absolute atomic E-state index is 13.2. The van der Waals surface area contributed by atoms with E-state index in [9.17, 15) is 18.0 Å². The van der Waals surface area contributed by atoms with E-state index in [1.807, 2.05) is 57.2 Å². The smallest absolute Gasteiger partial charge is 0.242 e. The summed E-state index contributed by atoms with van der Waals surface area (Å²) in [5.74, 6) is -0.420. The molecule has 1 unspecified atom stereocenters. The van der Waals surface area contributed by atoms with Crippen LogP contribution in [0.4, 0.5) is 5.69 Å². The van der Waals surface area contributed by atoms with Gasteiger partial charge in [-0.1, -0.05) is 34.1 Å². The lowest BCUT2D eigenvalue weighted by atomic mass is 10.1. The zero-order chi connectivity index (χ0) is 25.5. The number of halogens is 1. The predicted octanol–water partition coefficient (Wildman–Crippen LogP) is 4.17. The van der Waals surface area contributed by atoms with Gasteiger partial charge in [0.15, 0.2) is 0 Å². The molecule has 1 atom stereocenters. The van der Waals surface area contributed by atoms with Crippen LogP contribution in [0.25, 0.3) is 0 Å². The zero-order valence-corrected chi connectivity index (χ0v) is 22.9. The third kappa shape index (κ3) is 7.84. The highest BCUT2D eigenvalue weighted by atomic mass is 79.9. The predicted molar refractivity (Wildman–Crippen MR) is 140 cm³/mol. The van der Waals surface area contributed by atoms with Crippen molar-refractivity contribution in [1.29, 1.82) is 0 Å². The second-order valence-electron chi connectivity index (χ2n) is 8.43. The number of hydrogen-bond donors (Lipinski definition) is 1. The van der Waals surface area contributed by atoms with Gasteiger partial charge in [0.05, 0.1) is 11.9 Å². The van der Waals surface area contributed by atoms with Crippen molar-refractivity contribution in [3.05, 3.63) is 63.6 Å². The van der Waals surface area contributed by atoms with Crippen LogP contribution in [0, 0.1) is 13.8 Å². The summed E-state index contributed by atoms with van der Waals surface area (Å²) in [5, 5.41) is 2.77. The summed E-state index contributed by atoms with van der Waals surface area (Å²) in [4.78, 5) is 27.2. The van der Waals surface area contributed by atoms with Gasteiger partial charge >= 0.3 is 0 Å². The van der Waals surface area contributed by atoms with Crippen molar-refractivity contribution in [2.45, 2.75) is 53.1 Å². The van der Waals surface area contributed by atoms with Gasteiger partial charge in [-0.15, -0.1) is 0 Å². The van der Waals surface area contributed by atoms with E-state index in [1.165, 1.54) is 10.6 Å². The van der Waals surface area contributed by atoms with Crippen LogP contribution in [0.5, 0.6) is 0 Å². The number of anilines is 1. The molecule has 7 nitrogen and oxygen atoms in total. The molecule has 34 heavy (non-hydrogen) atoms. The van der Waals surface area contributed by atoms with Crippen molar-refractivity contribution in [3.63, 3.8) is 0 Å². The van der Waals surface area contributed by atoms with Gasteiger partial charge in [0.2, 0.25) is 21.8 Å². The Bertz CT molecular complexity index is 1100. The van der Waals surface area contributed by atoms with Gasteiger partial charge in [-0.25, -0.2) is 8.42 Å². The topological polar surface area (TPSA) is 86.8 Å². The number of sulfonamides is 1. The summed E-state index contributed by atoms with van der Waals surface area (Å²) in [6, 6.07) is 12.4. The minimum absolute atomic E-state index is 0.122. The first-order chi connectivity index (χ1) is 15.9. The summed E-state index contributed by atoms with van der Waals surface area (Å²) >= 11 is 3.41. The molecule has 9 heteroatoms. The van der Waals surface area contributed by atoms with Crippen LogP contribution in [-0.4, -0.2) is 50.5 Å². The Hall–Kier alpha value is -2.39. The summed E-state index contributed by atoms with van der Waals surface area (Å²) < 4.78 is 27.2. The second-order valence-corrected chi connectivity index (χ2v) is 11.2. The van der Waals surface area contributed by atoms with Gasteiger partial charge in [0.1, 0.15) is 6.04 Å². The van der Waals surface area contributed by atoms with E-state index in [-0.39, 0.29) is 31.3 Å². The molecule has 0 aromatic heterocycles. The van der Waals surface area contributed by atoms with Crippen molar-refractivity contribution in [2.24, 2.45) is 0 Å². The Morgan fingerprint density at radius 3 is 2.26 bits per heavy atom. The van der Waals surface area contributed by atoms with Gasteiger partial charge in [-0.2, -0.15) is 0 Å². The average molecular weight is 553 g/mol. The van der Waals surface area contributed by atoms with Crippen LogP contribution < -0.4 is 9.62 Å². The highest BCUT2D eigenvalue weighted by molar-refractivity contribution is 9.10. The molecule has 1 N–H and O–H groups in total. The monoisotopic (exact) mass is 551 g/mol. The van der Waals surface area contributed by atoms with Crippen LogP contribution in [0.15, 0.2) is 46.9 Å². The molecule has 0 spiro atoms. The zero-order valence-electron chi connectivity index (χ0n) is 20.5. The third-order valence-corrected chi connectivity index (χ3v) is 7.44. The lowest BCUT2D eigenvalue weighted by Gasteiger charge is -2.29. The first-order valence-corrected chi connectivity index (χ1v) is 13.9. The van der Waals surface area contributed by atoms with E-state index in [4.69, 9.17) is 0 Å². The number of nitrogens with zero attached hydrogens (tertiary/aromatic N) is 2. The molecule has 0 radical (unpaired) electrons. The number of amides is 2. The van der Waals surface area contributed by atoms with Crippen molar-refractivity contribution < 1.29 is 18.0 Å². The van der Waals surface area contributed by atoms with Gasteiger partial charge < -0.3 is 10.2 Å². The number of carbonyl (C=O) groups is 2. The van der Waals surface area contributed by atoms with E-state index in [0.717, 1.165) is 21.2 Å². The summed E-state index contributed by atoms with van der Waals surface area (Å²) in [7, 11) is -3.52. The number of aryl methyl sites for hydroxylation is 2. The van der Waals surface area contributed by atoms with Crippen molar-refractivity contribution in [3.8, 4) is 0 Å². The fourth-order valence-corrected chi connectivity index (χ4v) is 4.80. The summed E-state index contributed by atoms with van der Waals surface area (Å²) in [6.07, 6.45) is 1.62. The van der Waals surface area contributed by atoms with E-state index in [2.05, 4.69) is 21.2 Å². The molecule has 0 bridgehead atoms. The van der Waals surface area contributed by atoms with Crippen LogP contribution in [0.1, 0.15) is 43.4 Å². The minimum Gasteiger partial charge on any atom is -0.355 e. The first kappa shape index (κ1) is 27.9. The number of nitrogens with one attached hydrogen (secondary N) is 1. The number of benzene rings is 2. The highest BCUT2D eigenvalue weighted by Gasteiger charge is 2.26. The van der Waals surface area contributed by atoms with Gasteiger partial charge in [-0.05, 0) is 75.1 Å². The molecule has 0 fully saturated rings. The fourth-order valence-electron chi connectivity index (χ4n) is 3.58. The van der Waals surface area contributed by atoms with Crippen LogP contribution in [0.3, 0.4) is 0 Å². The van der Waals surface area contributed by atoms with Gasteiger partial charge in [0, 0.05) is 30.5 Å². The molecular formula is C25H34BrN3O4S. The molecule has 0 aliphatic carbocycles. The molecule has 0 saturated heterocycles. The molecular weight excluding hydrogens is 518 g/mol. The van der Waals surface area contributed by atoms with Crippen LogP contribution in [0.2, 0.25) is 0 Å². The number of likely N-dealkylation sites (N-methyl/N-ethyl adjacent to an activating group) is 1. The molecule has 0 saturated carbocycles. The van der Waals surface area contributed by atoms with Crippen LogP contribution >= 0.6 is 15.9 Å². The quantitative estimate of drug-likeness (QED) is 0.454. The highest BCUT2D eigenvalue weighted by Crippen LogP contribution is 2.22. The SMILES string of the molecule is CCNC(=O)C(C)N(Cc1ccc(Br)cc1)C(=O)CCCN(c1ccc(C)c(C)c1)S(C)(=O)=O. The van der Waals surface area contributed by atoms with E-state index in [1.54, 1.807) is 17.9 Å². The Balaban J connectivity index is 2.16. The standard InChI is InChI=1S/C25H34BrN3O4S/c1-6-27-25(31)20(4)28(17-21-10-12-22(26)13-11-21)24(30)8-7-15-29(34(5,32)33)23-14-9-18(2)19(3)16-23/h9-14,16,20H,6-8,15,17H2,1-5H3,(H,27,31). The number of rotatable bonds is 11. The largest absolute Gasteiger partial charge is 0.355 e. The second kappa shape index (κ2) is 12.4.